The summed E-state index contributed by atoms with van der Waals surface area (Å²) >= 11 is 0. The summed E-state index contributed by atoms with van der Waals surface area (Å²) in [5.41, 5.74) is 0.494. The monoisotopic (exact) mass is 292 g/mol. The Balaban J connectivity index is 1.73. The Morgan fingerprint density at radius 2 is 1.95 bits per heavy atom. The number of carbonyl (C=O) groups excluding carboxylic acids is 1. The minimum atomic E-state index is -0.742. The summed E-state index contributed by atoms with van der Waals surface area (Å²) in [4.78, 5) is 12.2. The third kappa shape index (κ3) is 3.10. The second-order valence-electron chi connectivity index (χ2n) is 5.96. The molecule has 2 aliphatic heterocycles. The van der Waals surface area contributed by atoms with E-state index in [0.717, 1.165) is 6.42 Å². The number of hydrogen-bond acceptors (Lipinski definition) is 5. The molecule has 0 aromatic heterocycles. The van der Waals surface area contributed by atoms with E-state index < -0.39 is 18.0 Å². The van der Waals surface area contributed by atoms with Crippen LogP contribution in [0.15, 0.2) is 30.3 Å². The van der Waals surface area contributed by atoms with E-state index in [9.17, 15) is 4.79 Å². The second kappa shape index (κ2) is 5.40. The van der Waals surface area contributed by atoms with Crippen LogP contribution in [0.5, 0.6) is 0 Å². The van der Waals surface area contributed by atoms with Crippen LogP contribution < -0.4 is 0 Å². The Hall–Kier alpha value is -1.43. The van der Waals surface area contributed by atoms with Crippen molar-refractivity contribution in [2.24, 2.45) is 0 Å². The summed E-state index contributed by atoms with van der Waals surface area (Å²) in [7, 11) is 0. The van der Waals surface area contributed by atoms with E-state index >= 15 is 0 Å². The molecule has 21 heavy (non-hydrogen) atoms. The average Bonchev–Trinajstić information content (AvgIpc) is 2.74. The van der Waals surface area contributed by atoms with Gasteiger partial charge in [-0.1, -0.05) is 18.2 Å². The summed E-state index contributed by atoms with van der Waals surface area (Å²) in [5, 5.41) is 0. The lowest BCUT2D eigenvalue weighted by molar-refractivity contribution is -0.225. The van der Waals surface area contributed by atoms with Crippen LogP contribution in [0.25, 0.3) is 0 Å². The molecule has 2 heterocycles. The van der Waals surface area contributed by atoms with Gasteiger partial charge < -0.3 is 18.9 Å². The fourth-order valence-corrected chi connectivity index (χ4v) is 2.81. The van der Waals surface area contributed by atoms with Gasteiger partial charge in [0.2, 0.25) is 6.29 Å². The summed E-state index contributed by atoms with van der Waals surface area (Å²) in [5.74, 6) is -1.10. The number of rotatable bonds is 2. The van der Waals surface area contributed by atoms with E-state index in [2.05, 4.69) is 0 Å². The van der Waals surface area contributed by atoms with Crippen molar-refractivity contribution in [2.75, 3.05) is 0 Å². The molecule has 0 saturated carbocycles. The van der Waals surface area contributed by atoms with Crippen molar-refractivity contribution >= 4 is 5.97 Å². The Morgan fingerprint density at radius 1 is 1.24 bits per heavy atom. The van der Waals surface area contributed by atoms with E-state index in [-0.39, 0.29) is 18.3 Å². The van der Waals surface area contributed by atoms with Gasteiger partial charge in [-0.25, -0.2) is 4.79 Å². The van der Waals surface area contributed by atoms with Gasteiger partial charge in [0.15, 0.2) is 5.79 Å². The van der Waals surface area contributed by atoms with E-state index in [1.807, 2.05) is 26.8 Å². The zero-order valence-electron chi connectivity index (χ0n) is 12.4. The molecule has 2 fully saturated rings. The quantitative estimate of drug-likeness (QED) is 0.784. The van der Waals surface area contributed by atoms with Gasteiger partial charge >= 0.3 is 5.97 Å². The fourth-order valence-electron chi connectivity index (χ4n) is 2.81. The largest absolute Gasteiger partial charge is 0.429 e. The smallest absolute Gasteiger partial charge is 0.340 e. The first kappa shape index (κ1) is 14.5. The normalized spacial score (nSPS) is 34.2. The summed E-state index contributed by atoms with van der Waals surface area (Å²) < 4.78 is 22.9. The highest BCUT2D eigenvalue weighted by molar-refractivity contribution is 5.89. The van der Waals surface area contributed by atoms with Crippen molar-refractivity contribution in [1.29, 1.82) is 0 Å². The van der Waals surface area contributed by atoms with Crippen LogP contribution in [-0.4, -0.2) is 36.4 Å². The molecule has 0 bridgehead atoms. The third-order valence-corrected chi connectivity index (χ3v) is 3.65. The van der Waals surface area contributed by atoms with E-state index in [1.165, 1.54) is 0 Å². The minimum absolute atomic E-state index is 0.0441. The Morgan fingerprint density at radius 3 is 2.67 bits per heavy atom. The molecule has 114 valence electrons. The second-order valence-corrected chi connectivity index (χ2v) is 5.96. The van der Waals surface area contributed by atoms with Crippen molar-refractivity contribution in [1.82, 2.24) is 0 Å². The van der Waals surface area contributed by atoms with Crippen molar-refractivity contribution in [3.8, 4) is 0 Å². The Bertz CT molecular complexity index is 513. The molecule has 0 aliphatic carbocycles. The van der Waals surface area contributed by atoms with Gasteiger partial charge in [0, 0.05) is 6.42 Å². The van der Waals surface area contributed by atoms with Crippen molar-refractivity contribution in [2.45, 2.75) is 57.6 Å². The molecule has 1 aromatic rings. The summed E-state index contributed by atoms with van der Waals surface area (Å²) in [6.07, 6.45) is -0.556. The zero-order chi connectivity index (χ0) is 15.0. The van der Waals surface area contributed by atoms with Crippen LogP contribution in [0.1, 0.15) is 37.6 Å². The zero-order valence-corrected chi connectivity index (χ0v) is 12.4. The van der Waals surface area contributed by atoms with Crippen LogP contribution in [-0.2, 0) is 18.9 Å². The van der Waals surface area contributed by atoms with Crippen molar-refractivity contribution < 1.29 is 23.7 Å². The molecule has 3 rings (SSSR count). The maximum Gasteiger partial charge on any atom is 0.340 e. The molecule has 4 atom stereocenters. The molecule has 5 nitrogen and oxygen atoms in total. The highest BCUT2D eigenvalue weighted by atomic mass is 16.8. The molecule has 1 aromatic carbocycles. The highest BCUT2D eigenvalue weighted by Crippen LogP contribution is 2.37. The van der Waals surface area contributed by atoms with Crippen LogP contribution in [0.2, 0.25) is 0 Å². The van der Waals surface area contributed by atoms with E-state index in [0.29, 0.717) is 5.56 Å². The Kier molecular flexibility index (Phi) is 3.73. The van der Waals surface area contributed by atoms with Gasteiger partial charge in [0.25, 0.3) is 0 Å². The SMILES string of the molecule is C[C@@H]1C[C@@H]2OC(C)(C)O[C@@H]2[C@H](OC(=O)c2ccccc2)O1. The molecular formula is C16H20O5. The van der Waals surface area contributed by atoms with Crippen LogP contribution >= 0.6 is 0 Å². The first-order valence-corrected chi connectivity index (χ1v) is 7.22. The predicted octanol–water partition coefficient (Wildman–Crippen LogP) is 2.50. The van der Waals surface area contributed by atoms with E-state index in [4.69, 9.17) is 18.9 Å². The summed E-state index contributed by atoms with van der Waals surface area (Å²) in [6, 6.07) is 8.86. The maximum atomic E-state index is 12.2. The van der Waals surface area contributed by atoms with Crippen molar-refractivity contribution in [3.63, 3.8) is 0 Å². The number of ether oxygens (including phenoxy) is 4. The molecule has 0 amide bonds. The first-order valence-electron chi connectivity index (χ1n) is 7.22. The molecule has 0 unspecified atom stereocenters. The standard InChI is InChI=1S/C16H20O5/c1-10-9-12-13(21-16(2,3)20-12)15(18-10)19-14(17)11-7-5-4-6-8-11/h4-8,10,12-13,15H,9H2,1-3H3/t10-,12+,13+,15+/m1/s1. The number of esters is 1. The third-order valence-electron chi connectivity index (χ3n) is 3.65. The molecule has 0 N–H and O–H groups in total. The highest BCUT2D eigenvalue weighted by Gasteiger charge is 2.51. The van der Waals surface area contributed by atoms with Crippen LogP contribution in [0.3, 0.4) is 0 Å². The molecule has 0 radical (unpaired) electrons. The molecular weight excluding hydrogens is 272 g/mol. The van der Waals surface area contributed by atoms with Gasteiger partial charge in [-0.05, 0) is 32.9 Å². The van der Waals surface area contributed by atoms with Gasteiger partial charge in [0.1, 0.15) is 6.10 Å². The number of hydrogen-bond donors (Lipinski definition) is 0. The molecule has 5 heteroatoms. The predicted molar refractivity (Wildman–Crippen MR) is 74.6 cm³/mol. The lowest BCUT2D eigenvalue weighted by Gasteiger charge is -2.34. The van der Waals surface area contributed by atoms with Gasteiger partial charge in [-0.2, -0.15) is 0 Å². The maximum absolute atomic E-state index is 12.2. The fraction of sp³-hybridized carbons (Fsp3) is 0.562. The van der Waals surface area contributed by atoms with Gasteiger partial charge in [-0.15, -0.1) is 0 Å². The van der Waals surface area contributed by atoms with Gasteiger partial charge in [-0.3, -0.25) is 0 Å². The van der Waals surface area contributed by atoms with Crippen LogP contribution in [0.4, 0.5) is 0 Å². The number of carbonyl (C=O) groups is 1. The lowest BCUT2D eigenvalue weighted by Crippen LogP contribution is -2.48. The molecule has 2 aliphatic rings. The van der Waals surface area contributed by atoms with Crippen molar-refractivity contribution in [3.05, 3.63) is 35.9 Å². The molecule has 2 saturated heterocycles. The van der Waals surface area contributed by atoms with Gasteiger partial charge in [0.05, 0.1) is 17.8 Å². The minimum Gasteiger partial charge on any atom is -0.429 e. The number of benzene rings is 1. The average molecular weight is 292 g/mol. The Labute approximate surface area is 124 Å². The summed E-state index contributed by atoms with van der Waals surface area (Å²) in [6.45, 7) is 5.65. The molecule has 0 spiro atoms. The lowest BCUT2D eigenvalue weighted by atomic mass is 10.0. The topological polar surface area (TPSA) is 54.0 Å². The van der Waals surface area contributed by atoms with E-state index in [1.54, 1.807) is 24.3 Å². The van der Waals surface area contributed by atoms with Crippen LogP contribution in [0, 0.1) is 0 Å². The number of fused-ring (bicyclic) bond motifs is 1. The first-order chi connectivity index (χ1) is 9.94.